The molecule has 16 heteroatoms. The van der Waals surface area contributed by atoms with E-state index in [-0.39, 0.29) is 5.56 Å². The van der Waals surface area contributed by atoms with Crippen molar-refractivity contribution in [1.29, 1.82) is 0 Å². The highest BCUT2D eigenvalue weighted by Crippen LogP contribution is 2.44. The Morgan fingerprint density at radius 3 is 2.35 bits per heavy atom. The number of aliphatic hydroxyl groups excluding tert-OH is 2. The zero-order valence-corrected chi connectivity index (χ0v) is 16.6. The van der Waals surface area contributed by atoms with Crippen molar-refractivity contribution in [2.24, 2.45) is 17.2 Å². The molecule has 0 spiro atoms. The molecule has 6 atom stereocenters. The predicted molar refractivity (Wildman–Crippen MR) is 96.4 cm³/mol. The van der Waals surface area contributed by atoms with Gasteiger partial charge in [0.1, 0.15) is 23.9 Å². The van der Waals surface area contributed by atoms with Crippen molar-refractivity contribution in [2.75, 3.05) is 0 Å². The molecular weight excluding hydrogens is 443 g/mol. The number of phosphoric acid groups is 1. The standard InChI is InChI=1S/C15H21N4O11P/c16-7(20)4-15(18,14(24)25)11(30-31(26,27)28)10-8(21)9(22)13(29-10)19-3-1-2-6(5-19)12(17)23/h1-3,5,8-11,13,21-22H,4,18H2,(H6-,16,17,20,23,24,25,26,27,28)/p+1/t8-,9+,10+,11?,13+,15-/m0/s1. The number of rotatable bonds is 9. The Balaban J connectivity index is 2.50. The van der Waals surface area contributed by atoms with Crippen molar-refractivity contribution in [3.63, 3.8) is 0 Å². The molecule has 11 N–H and O–H groups in total. The van der Waals surface area contributed by atoms with E-state index in [1.165, 1.54) is 18.3 Å². The van der Waals surface area contributed by atoms with E-state index in [9.17, 15) is 44.1 Å². The lowest BCUT2D eigenvalue weighted by molar-refractivity contribution is -0.766. The molecule has 2 rings (SSSR count). The zero-order chi connectivity index (χ0) is 23.7. The number of hydrogen-bond acceptors (Lipinski definition) is 9. The third-order valence-electron chi connectivity index (χ3n) is 4.60. The monoisotopic (exact) mass is 465 g/mol. The van der Waals surface area contributed by atoms with Gasteiger partial charge in [-0.15, -0.1) is 0 Å². The summed E-state index contributed by atoms with van der Waals surface area (Å²) in [4.78, 5) is 53.0. The third-order valence-corrected chi connectivity index (χ3v) is 5.10. The van der Waals surface area contributed by atoms with E-state index in [2.05, 4.69) is 4.52 Å². The second-order valence-electron chi connectivity index (χ2n) is 6.88. The van der Waals surface area contributed by atoms with Gasteiger partial charge in [-0.1, -0.05) is 0 Å². The summed E-state index contributed by atoms with van der Waals surface area (Å²) in [5, 5.41) is 30.4. The van der Waals surface area contributed by atoms with Crippen LogP contribution in [0.4, 0.5) is 0 Å². The Labute approximate surface area is 174 Å². The summed E-state index contributed by atoms with van der Waals surface area (Å²) in [6.07, 6.45) is -8.23. The fraction of sp³-hybridized carbons (Fsp3) is 0.467. The molecule has 1 unspecified atom stereocenters. The van der Waals surface area contributed by atoms with Crippen LogP contribution in [0.1, 0.15) is 23.0 Å². The highest BCUT2D eigenvalue weighted by molar-refractivity contribution is 7.46. The molecular formula is C15H22N4O11P+. The van der Waals surface area contributed by atoms with Gasteiger partial charge in [0.15, 0.2) is 24.0 Å². The summed E-state index contributed by atoms with van der Waals surface area (Å²) in [7, 11) is -5.45. The first-order chi connectivity index (χ1) is 14.2. The number of carboxylic acid groups (broad SMARTS) is 1. The van der Waals surface area contributed by atoms with Crippen molar-refractivity contribution in [1.82, 2.24) is 0 Å². The van der Waals surface area contributed by atoms with Gasteiger partial charge in [-0.3, -0.25) is 18.9 Å². The van der Waals surface area contributed by atoms with Crippen LogP contribution in [0, 0.1) is 0 Å². The molecule has 0 radical (unpaired) electrons. The predicted octanol–water partition coefficient (Wildman–Crippen LogP) is -4.17. The van der Waals surface area contributed by atoms with Gasteiger partial charge in [0.25, 0.3) is 12.1 Å². The minimum absolute atomic E-state index is 0.00769. The van der Waals surface area contributed by atoms with Crippen molar-refractivity contribution < 1.29 is 57.9 Å². The third kappa shape index (κ3) is 5.41. The molecule has 172 valence electrons. The maximum absolute atomic E-state index is 11.8. The van der Waals surface area contributed by atoms with Crippen LogP contribution in [-0.2, 0) is 23.4 Å². The maximum Gasteiger partial charge on any atom is 0.470 e. The highest BCUT2D eigenvalue weighted by Gasteiger charge is 2.60. The maximum atomic E-state index is 11.8. The minimum Gasteiger partial charge on any atom is -0.480 e. The number of ether oxygens (including phenoxy) is 1. The number of phosphoric ester groups is 1. The van der Waals surface area contributed by atoms with E-state index in [4.69, 9.17) is 21.9 Å². The summed E-state index contributed by atoms with van der Waals surface area (Å²) in [6.45, 7) is 0. The number of aliphatic hydroxyl groups is 2. The topological polar surface area (TPSA) is 270 Å². The number of pyridine rings is 1. The van der Waals surface area contributed by atoms with Gasteiger partial charge >= 0.3 is 13.8 Å². The largest absolute Gasteiger partial charge is 0.480 e. The Bertz CT molecular complexity index is 924. The quantitative estimate of drug-likeness (QED) is 0.127. The van der Waals surface area contributed by atoms with Crippen molar-refractivity contribution >= 4 is 25.6 Å². The van der Waals surface area contributed by atoms with Crippen molar-refractivity contribution in [3.05, 3.63) is 30.1 Å². The second kappa shape index (κ2) is 8.94. The smallest absolute Gasteiger partial charge is 0.470 e. The van der Waals surface area contributed by atoms with Crippen LogP contribution in [0.25, 0.3) is 0 Å². The molecule has 1 aromatic heterocycles. The van der Waals surface area contributed by atoms with Crippen LogP contribution in [-0.4, -0.2) is 72.8 Å². The number of aromatic nitrogens is 1. The Kier molecular flexibility index (Phi) is 7.14. The molecule has 0 aliphatic carbocycles. The van der Waals surface area contributed by atoms with Gasteiger partial charge in [0.05, 0.1) is 6.42 Å². The second-order valence-corrected chi connectivity index (χ2v) is 8.07. The first-order valence-electron chi connectivity index (χ1n) is 8.54. The molecule has 2 heterocycles. The van der Waals surface area contributed by atoms with Gasteiger partial charge < -0.3 is 47.0 Å². The molecule has 1 fully saturated rings. The average molecular weight is 465 g/mol. The molecule has 1 aliphatic heterocycles. The lowest BCUT2D eigenvalue weighted by Crippen LogP contribution is -2.65. The number of carbonyl (C=O) groups excluding carboxylic acids is 2. The van der Waals surface area contributed by atoms with Crippen LogP contribution in [0.5, 0.6) is 0 Å². The number of primary amides is 2. The van der Waals surface area contributed by atoms with Crippen molar-refractivity contribution in [2.45, 2.75) is 42.6 Å². The Morgan fingerprint density at radius 2 is 1.87 bits per heavy atom. The zero-order valence-electron chi connectivity index (χ0n) is 15.7. The molecule has 1 aliphatic rings. The summed E-state index contributed by atoms with van der Waals surface area (Å²) in [6, 6.07) is 2.70. The number of amides is 2. The van der Waals surface area contributed by atoms with E-state index in [0.717, 1.165) is 10.8 Å². The van der Waals surface area contributed by atoms with Crippen LogP contribution < -0.4 is 21.8 Å². The number of nitrogens with zero attached hydrogens (tertiary/aromatic N) is 1. The van der Waals surface area contributed by atoms with E-state index in [1.54, 1.807) is 0 Å². The number of carboxylic acids is 1. The lowest BCUT2D eigenvalue weighted by Gasteiger charge is -2.36. The summed E-state index contributed by atoms with van der Waals surface area (Å²) < 4.78 is 22.5. The van der Waals surface area contributed by atoms with E-state index in [1.807, 2.05) is 0 Å². The van der Waals surface area contributed by atoms with E-state index in [0.29, 0.717) is 0 Å². The lowest BCUT2D eigenvalue weighted by atomic mass is 9.84. The van der Waals surface area contributed by atoms with Gasteiger partial charge in [-0.2, -0.15) is 4.57 Å². The molecule has 31 heavy (non-hydrogen) atoms. The first-order valence-corrected chi connectivity index (χ1v) is 10.1. The Hall–Kier alpha value is -2.49. The summed E-state index contributed by atoms with van der Waals surface area (Å²) in [5.41, 5.74) is 13.1. The summed E-state index contributed by atoms with van der Waals surface area (Å²) in [5.74, 6) is -4.02. The van der Waals surface area contributed by atoms with Gasteiger partial charge in [-0.05, 0) is 6.07 Å². The number of aliphatic carboxylic acids is 1. The van der Waals surface area contributed by atoms with Crippen LogP contribution >= 0.6 is 7.82 Å². The van der Waals surface area contributed by atoms with Crippen LogP contribution in [0.3, 0.4) is 0 Å². The Morgan fingerprint density at radius 1 is 1.26 bits per heavy atom. The van der Waals surface area contributed by atoms with Crippen LogP contribution in [0.15, 0.2) is 24.5 Å². The SMILES string of the molecule is NC(=O)C[C@@](N)(C(=O)O)C(OP(=O)(O)O)[C@@H]1O[C@@H]([n+]2cccc(C(N)=O)c2)[C@H](O)[C@@H]1O. The molecule has 1 saturated heterocycles. The number of hydrogen-bond donors (Lipinski definition) is 8. The van der Waals surface area contributed by atoms with E-state index >= 15 is 0 Å². The fourth-order valence-electron chi connectivity index (χ4n) is 3.16. The summed E-state index contributed by atoms with van der Waals surface area (Å²) >= 11 is 0. The molecule has 15 nitrogen and oxygen atoms in total. The van der Waals surface area contributed by atoms with Gasteiger partial charge in [-0.25, -0.2) is 4.57 Å². The normalized spacial score (nSPS) is 26.7. The molecule has 0 saturated carbocycles. The highest BCUT2D eigenvalue weighted by atomic mass is 31.2. The molecule has 2 amide bonds. The van der Waals surface area contributed by atoms with Crippen molar-refractivity contribution in [3.8, 4) is 0 Å². The molecule has 1 aromatic rings. The first kappa shape index (κ1) is 24.8. The average Bonchev–Trinajstić information content (AvgIpc) is 2.93. The van der Waals surface area contributed by atoms with Gasteiger partial charge in [0, 0.05) is 6.07 Å². The van der Waals surface area contributed by atoms with Crippen LogP contribution in [0.2, 0.25) is 0 Å². The number of nitrogens with two attached hydrogens (primary N) is 3. The van der Waals surface area contributed by atoms with Gasteiger partial charge in [0.2, 0.25) is 5.91 Å². The van der Waals surface area contributed by atoms with E-state index < -0.39 is 68.2 Å². The molecule has 0 bridgehead atoms. The number of carbonyl (C=O) groups is 3. The minimum atomic E-state index is -5.45. The molecule has 0 aromatic carbocycles. The fourth-order valence-corrected chi connectivity index (χ4v) is 3.76.